The third kappa shape index (κ3) is 1.56. The molecule has 1 aromatic carbocycles. The van der Waals surface area contributed by atoms with Crippen LogP contribution in [-0.2, 0) is 6.67 Å². The number of para-hydroxylation sites is 1. The highest BCUT2D eigenvalue weighted by Gasteiger charge is 2.28. The van der Waals surface area contributed by atoms with E-state index in [1.165, 1.54) is 0 Å². The standard InChI is InChI=1S/C14H17N3O/c1-3-8-16-9-17-13(10(16)2)15-12-7-5-4-6-11(12)14(17)18/h4-7,10H,3,8-9H2,1-2H3. The smallest absolute Gasteiger partial charge is 0.262 e. The summed E-state index contributed by atoms with van der Waals surface area (Å²) in [6.07, 6.45) is 1.09. The number of aromatic nitrogens is 2. The van der Waals surface area contributed by atoms with Gasteiger partial charge in [0.2, 0.25) is 0 Å². The van der Waals surface area contributed by atoms with Gasteiger partial charge in [-0.25, -0.2) is 4.98 Å². The summed E-state index contributed by atoms with van der Waals surface area (Å²) >= 11 is 0. The van der Waals surface area contributed by atoms with Gasteiger partial charge in [-0.05, 0) is 25.5 Å². The lowest BCUT2D eigenvalue weighted by molar-refractivity contribution is 0.209. The molecular weight excluding hydrogens is 226 g/mol. The summed E-state index contributed by atoms with van der Waals surface area (Å²) in [5.41, 5.74) is 0.889. The normalized spacial score (nSPS) is 19.3. The van der Waals surface area contributed by atoms with Crippen molar-refractivity contribution in [3.63, 3.8) is 0 Å². The van der Waals surface area contributed by atoms with Crippen LogP contribution in [0.2, 0.25) is 0 Å². The number of hydrogen-bond donors (Lipinski definition) is 0. The Morgan fingerprint density at radius 1 is 1.39 bits per heavy atom. The summed E-state index contributed by atoms with van der Waals surface area (Å²) in [6.45, 7) is 5.94. The first kappa shape index (κ1) is 11.4. The molecule has 4 nitrogen and oxygen atoms in total. The van der Waals surface area contributed by atoms with Crippen molar-refractivity contribution in [2.75, 3.05) is 6.54 Å². The molecule has 0 spiro atoms. The van der Waals surface area contributed by atoms with Gasteiger partial charge in [0.25, 0.3) is 5.56 Å². The van der Waals surface area contributed by atoms with Gasteiger partial charge in [0.05, 0.1) is 23.6 Å². The van der Waals surface area contributed by atoms with Crippen molar-refractivity contribution in [2.45, 2.75) is 33.0 Å². The first-order chi connectivity index (χ1) is 8.72. The minimum atomic E-state index is 0.0843. The fraction of sp³-hybridized carbons (Fsp3) is 0.429. The van der Waals surface area contributed by atoms with E-state index in [-0.39, 0.29) is 11.6 Å². The second-order valence-corrected chi connectivity index (χ2v) is 4.85. The molecule has 4 heteroatoms. The van der Waals surface area contributed by atoms with Gasteiger partial charge in [0, 0.05) is 6.54 Å². The molecule has 0 N–H and O–H groups in total. The Hall–Kier alpha value is -1.68. The molecule has 1 aliphatic rings. The van der Waals surface area contributed by atoms with Gasteiger partial charge in [0.1, 0.15) is 5.82 Å². The highest BCUT2D eigenvalue weighted by atomic mass is 16.1. The van der Waals surface area contributed by atoms with Crippen LogP contribution in [0, 0.1) is 0 Å². The van der Waals surface area contributed by atoms with Crippen LogP contribution in [0.25, 0.3) is 10.9 Å². The zero-order chi connectivity index (χ0) is 12.7. The minimum Gasteiger partial charge on any atom is -0.281 e. The number of fused-ring (bicyclic) bond motifs is 2. The molecule has 0 amide bonds. The van der Waals surface area contributed by atoms with Crippen LogP contribution in [0.4, 0.5) is 0 Å². The zero-order valence-corrected chi connectivity index (χ0v) is 10.8. The second-order valence-electron chi connectivity index (χ2n) is 4.85. The molecule has 1 atom stereocenters. The molecule has 0 aliphatic carbocycles. The van der Waals surface area contributed by atoms with Gasteiger partial charge in [-0.2, -0.15) is 0 Å². The van der Waals surface area contributed by atoms with Crippen molar-refractivity contribution in [2.24, 2.45) is 0 Å². The van der Waals surface area contributed by atoms with E-state index in [1.54, 1.807) is 0 Å². The van der Waals surface area contributed by atoms with Gasteiger partial charge < -0.3 is 0 Å². The largest absolute Gasteiger partial charge is 0.281 e. The molecule has 0 radical (unpaired) electrons. The highest BCUT2D eigenvalue weighted by Crippen LogP contribution is 2.26. The Kier molecular flexibility index (Phi) is 2.67. The minimum absolute atomic E-state index is 0.0843. The average molecular weight is 243 g/mol. The number of nitrogens with zero attached hydrogens (tertiary/aromatic N) is 3. The third-order valence-electron chi connectivity index (χ3n) is 3.65. The monoisotopic (exact) mass is 243 g/mol. The summed E-state index contributed by atoms with van der Waals surface area (Å²) in [6, 6.07) is 7.80. The van der Waals surface area contributed by atoms with E-state index < -0.39 is 0 Å². The maximum Gasteiger partial charge on any atom is 0.262 e. The Morgan fingerprint density at radius 3 is 2.94 bits per heavy atom. The van der Waals surface area contributed by atoms with Crippen LogP contribution >= 0.6 is 0 Å². The van der Waals surface area contributed by atoms with Crippen molar-refractivity contribution in [1.82, 2.24) is 14.5 Å². The predicted molar refractivity (Wildman–Crippen MR) is 71.4 cm³/mol. The summed E-state index contributed by atoms with van der Waals surface area (Å²) in [4.78, 5) is 19.4. The van der Waals surface area contributed by atoms with Crippen LogP contribution in [0.1, 0.15) is 32.1 Å². The molecule has 18 heavy (non-hydrogen) atoms. The molecule has 94 valence electrons. The molecule has 1 aromatic heterocycles. The first-order valence-electron chi connectivity index (χ1n) is 6.46. The quantitative estimate of drug-likeness (QED) is 0.811. The van der Waals surface area contributed by atoms with Gasteiger partial charge >= 0.3 is 0 Å². The zero-order valence-electron chi connectivity index (χ0n) is 10.8. The van der Waals surface area contributed by atoms with Crippen molar-refractivity contribution < 1.29 is 0 Å². The SMILES string of the molecule is CCCN1Cn2c(nc3ccccc3c2=O)C1C. The number of benzene rings is 1. The van der Waals surface area contributed by atoms with Crippen molar-refractivity contribution >= 4 is 10.9 Å². The fourth-order valence-corrected chi connectivity index (χ4v) is 2.66. The van der Waals surface area contributed by atoms with E-state index in [1.807, 2.05) is 28.8 Å². The molecule has 2 aromatic rings. The molecule has 1 aliphatic heterocycles. The number of hydrogen-bond acceptors (Lipinski definition) is 3. The van der Waals surface area contributed by atoms with Crippen LogP contribution < -0.4 is 5.56 Å². The lowest BCUT2D eigenvalue weighted by Gasteiger charge is -2.17. The predicted octanol–water partition coefficient (Wildman–Crippen LogP) is 2.14. The number of rotatable bonds is 2. The Bertz CT molecular complexity index is 647. The maximum absolute atomic E-state index is 12.4. The molecule has 0 saturated carbocycles. The summed E-state index contributed by atoms with van der Waals surface area (Å²) < 4.78 is 1.81. The summed E-state index contributed by atoms with van der Waals surface area (Å²) in [5, 5.41) is 0.715. The third-order valence-corrected chi connectivity index (χ3v) is 3.65. The van der Waals surface area contributed by atoms with E-state index in [0.717, 1.165) is 24.3 Å². The molecule has 2 heterocycles. The van der Waals surface area contributed by atoms with Crippen LogP contribution in [0.5, 0.6) is 0 Å². The van der Waals surface area contributed by atoms with Gasteiger partial charge in [0.15, 0.2) is 0 Å². The highest BCUT2D eigenvalue weighted by molar-refractivity contribution is 5.77. The molecule has 0 fully saturated rings. The Balaban J connectivity index is 2.19. The Morgan fingerprint density at radius 2 is 2.17 bits per heavy atom. The topological polar surface area (TPSA) is 38.1 Å². The first-order valence-corrected chi connectivity index (χ1v) is 6.46. The summed E-state index contributed by atoms with van der Waals surface area (Å²) in [7, 11) is 0. The molecule has 0 saturated heterocycles. The van der Waals surface area contributed by atoms with E-state index in [4.69, 9.17) is 0 Å². The van der Waals surface area contributed by atoms with Crippen molar-refractivity contribution in [3.8, 4) is 0 Å². The molecule has 3 rings (SSSR count). The van der Waals surface area contributed by atoms with Crippen LogP contribution in [-0.4, -0.2) is 21.0 Å². The summed E-state index contributed by atoms with van der Waals surface area (Å²) in [5.74, 6) is 0.896. The van der Waals surface area contributed by atoms with Crippen molar-refractivity contribution in [3.05, 3.63) is 40.4 Å². The fourth-order valence-electron chi connectivity index (χ4n) is 2.66. The molecule has 1 unspecified atom stereocenters. The van der Waals surface area contributed by atoms with E-state index in [9.17, 15) is 4.79 Å². The van der Waals surface area contributed by atoms with E-state index >= 15 is 0 Å². The van der Waals surface area contributed by atoms with Gasteiger partial charge in [-0.15, -0.1) is 0 Å². The van der Waals surface area contributed by atoms with Gasteiger partial charge in [-0.1, -0.05) is 19.1 Å². The molecular formula is C14H17N3O. The lowest BCUT2D eigenvalue weighted by Crippen LogP contribution is -2.25. The lowest BCUT2D eigenvalue weighted by atomic mass is 10.2. The van der Waals surface area contributed by atoms with E-state index in [0.29, 0.717) is 12.1 Å². The van der Waals surface area contributed by atoms with Crippen LogP contribution in [0.15, 0.2) is 29.1 Å². The van der Waals surface area contributed by atoms with E-state index in [2.05, 4.69) is 23.7 Å². The van der Waals surface area contributed by atoms with Crippen LogP contribution in [0.3, 0.4) is 0 Å². The maximum atomic E-state index is 12.4. The second kappa shape index (κ2) is 4.21. The average Bonchev–Trinajstić information content (AvgIpc) is 2.69. The molecule has 0 bridgehead atoms. The van der Waals surface area contributed by atoms with Crippen molar-refractivity contribution in [1.29, 1.82) is 0 Å². The Labute approximate surface area is 106 Å². The van der Waals surface area contributed by atoms with Gasteiger partial charge in [-0.3, -0.25) is 14.3 Å².